The lowest BCUT2D eigenvalue weighted by Gasteiger charge is -1.96. The summed E-state index contributed by atoms with van der Waals surface area (Å²) in [6.45, 7) is 0. The van der Waals surface area contributed by atoms with E-state index in [0.717, 1.165) is 0 Å². The Morgan fingerprint density at radius 2 is 2.36 bits per heavy atom. The van der Waals surface area contributed by atoms with E-state index in [1.807, 2.05) is 0 Å². The first-order valence-corrected chi connectivity index (χ1v) is 3.40. The van der Waals surface area contributed by atoms with E-state index in [4.69, 9.17) is 17.3 Å². The number of rotatable bonds is 0. The molecule has 0 unspecified atom stereocenters. The number of fused-ring (bicyclic) bond motifs is 1. The van der Waals surface area contributed by atoms with Crippen molar-refractivity contribution in [1.82, 2.24) is 14.6 Å². The Balaban J connectivity index is 2.91. The summed E-state index contributed by atoms with van der Waals surface area (Å²) in [5.74, 6) is 0. The highest BCUT2D eigenvalue weighted by atomic mass is 35.5. The van der Waals surface area contributed by atoms with E-state index in [0.29, 0.717) is 16.5 Å². The van der Waals surface area contributed by atoms with Crippen molar-refractivity contribution in [3.05, 3.63) is 23.6 Å². The van der Waals surface area contributed by atoms with Crippen LogP contribution in [0, 0.1) is 0 Å². The lowest BCUT2D eigenvalue weighted by molar-refractivity contribution is 0.939. The highest BCUT2D eigenvalue weighted by molar-refractivity contribution is 6.29. The number of imidazole rings is 1. The van der Waals surface area contributed by atoms with E-state index in [1.54, 1.807) is 18.5 Å². The van der Waals surface area contributed by atoms with Gasteiger partial charge in [0, 0.05) is 18.5 Å². The van der Waals surface area contributed by atoms with E-state index in [-0.39, 0.29) is 0 Å². The highest BCUT2D eigenvalue weighted by Gasteiger charge is 2.00. The smallest absolute Gasteiger partial charge is 0.176 e. The van der Waals surface area contributed by atoms with Crippen molar-refractivity contribution in [2.24, 2.45) is 0 Å². The van der Waals surface area contributed by atoms with Crippen LogP contribution in [-0.4, -0.2) is 14.6 Å². The molecular formula is C6H5ClN4. The Kier molecular flexibility index (Phi) is 1.22. The predicted octanol–water partition coefficient (Wildman–Crippen LogP) is 0.965. The topological polar surface area (TPSA) is 56.2 Å². The first kappa shape index (κ1) is 6.42. The zero-order valence-corrected chi connectivity index (χ0v) is 6.28. The van der Waals surface area contributed by atoms with Gasteiger partial charge in [0.25, 0.3) is 0 Å². The molecule has 2 aromatic rings. The van der Waals surface area contributed by atoms with E-state index in [1.165, 1.54) is 4.52 Å². The average molecular weight is 169 g/mol. The molecule has 0 fully saturated rings. The molecular weight excluding hydrogens is 164 g/mol. The molecule has 0 aliphatic rings. The Labute approximate surface area is 67.6 Å². The number of aromatic nitrogens is 3. The maximum atomic E-state index is 5.64. The predicted molar refractivity (Wildman–Crippen MR) is 42.4 cm³/mol. The second kappa shape index (κ2) is 2.10. The molecule has 0 spiro atoms. The maximum Gasteiger partial charge on any atom is 0.176 e. The minimum Gasteiger partial charge on any atom is -0.396 e. The molecule has 4 nitrogen and oxygen atoms in total. The van der Waals surface area contributed by atoms with E-state index >= 15 is 0 Å². The van der Waals surface area contributed by atoms with Gasteiger partial charge in [-0.3, -0.25) is 0 Å². The number of nitrogens with two attached hydrogens (primary N) is 1. The lowest BCUT2D eigenvalue weighted by Crippen LogP contribution is -1.96. The molecule has 0 saturated heterocycles. The van der Waals surface area contributed by atoms with E-state index in [2.05, 4.69) is 10.1 Å². The second-order valence-corrected chi connectivity index (χ2v) is 2.51. The summed E-state index contributed by atoms with van der Waals surface area (Å²) in [6, 6.07) is 1.57. The summed E-state index contributed by atoms with van der Waals surface area (Å²) >= 11 is 5.64. The van der Waals surface area contributed by atoms with Gasteiger partial charge in [-0.2, -0.15) is 5.10 Å². The molecule has 0 aromatic carbocycles. The fourth-order valence-corrected chi connectivity index (χ4v) is 1.11. The van der Waals surface area contributed by atoms with Gasteiger partial charge >= 0.3 is 0 Å². The summed E-state index contributed by atoms with van der Waals surface area (Å²) in [5.41, 5.74) is 6.76. The summed E-state index contributed by atoms with van der Waals surface area (Å²) in [6.07, 6.45) is 3.31. The van der Waals surface area contributed by atoms with Gasteiger partial charge in [0.1, 0.15) is 0 Å². The third-order valence-corrected chi connectivity index (χ3v) is 1.54. The largest absolute Gasteiger partial charge is 0.396 e. The molecule has 11 heavy (non-hydrogen) atoms. The first-order chi connectivity index (χ1) is 5.27. The van der Waals surface area contributed by atoms with Crippen molar-refractivity contribution in [2.75, 3.05) is 5.73 Å². The minimum absolute atomic E-state index is 0.369. The van der Waals surface area contributed by atoms with Crippen molar-refractivity contribution < 1.29 is 0 Å². The van der Waals surface area contributed by atoms with Crippen LogP contribution in [-0.2, 0) is 0 Å². The highest BCUT2D eigenvalue weighted by Crippen LogP contribution is 2.13. The molecule has 56 valence electrons. The Morgan fingerprint density at radius 3 is 3.18 bits per heavy atom. The molecule has 2 rings (SSSR count). The third kappa shape index (κ3) is 0.914. The van der Waals surface area contributed by atoms with Crippen LogP contribution in [0.1, 0.15) is 0 Å². The fraction of sp³-hybridized carbons (Fsp3) is 0. The van der Waals surface area contributed by atoms with Gasteiger partial charge in [-0.05, 0) is 0 Å². The summed E-state index contributed by atoms with van der Waals surface area (Å²) < 4.78 is 1.54. The van der Waals surface area contributed by atoms with Crippen LogP contribution in [0.2, 0.25) is 5.15 Å². The quantitative estimate of drug-likeness (QED) is 0.638. The maximum absolute atomic E-state index is 5.64. The van der Waals surface area contributed by atoms with Crippen LogP contribution in [0.3, 0.4) is 0 Å². The second-order valence-electron chi connectivity index (χ2n) is 2.12. The molecule has 0 atom stereocenters. The van der Waals surface area contributed by atoms with Crippen molar-refractivity contribution in [2.45, 2.75) is 0 Å². The van der Waals surface area contributed by atoms with Gasteiger partial charge in [-0.1, -0.05) is 11.6 Å². The van der Waals surface area contributed by atoms with Gasteiger partial charge in [-0.15, -0.1) is 0 Å². The number of nitrogen functional groups attached to an aromatic ring is 1. The lowest BCUT2D eigenvalue weighted by atomic mass is 10.5. The van der Waals surface area contributed by atoms with Gasteiger partial charge in [0.15, 0.2) is 10.8 Å². The third-order valence-electron chi connectivity index (χ3n) is 1.36. The average Bonchev–Trinajstić information content (AvgIpc) is 2.34. The van der Waals surface area contributed by atoms with Crippen molar-refractivity contribution in [3.8, 4) is 0 Å². The molecule has 0 bridgehead atoms. The molecule has 2 heterocycles. The zero-order valence-electron chi connectivity index (χ0n) is 5.53. The van der Waals surface area contributed by atoms with E-state index < -0.39 is 0 Å². The Bertz CT molecular complexity index is 394. The van der Waals surface area contributed by atoms with Crippen LogP contribution in [0.15, 0.2) is 18.5 Å². The van der Waals surface area contributed by atoms with Crippen LogP contribution >= 0.6 is 11.6 Å². The minimum atomic E-state index is 0.369. The van der Waals surface area contributed by atoms with Crippen molar-refractivity contribution in [3.63, 3.8) is 0 Å². The van der Waals surface area contributed by atoms with Gasteiger partial charge in [0.05, 0.1) is 5.69 Å². The molecule has 5 heteroatoms. The molecule has 0 amide bonds. The van der Waals surface area contributed by atoms with Gasteiger partial charge in [-0.25, -0.2) is 9.50 Å². The fourth-order valence-electron chi connectivity index (χ4n) is 0.909. The molecule has 0 saturated carbocycles. The Hall–Kier alpha value is -1.29. The molecule has 2 N–H and O–H groups in total. The SMILES string of the molecule is Nc1cc(Cl)nn2ccnc12. The van der Waals surface area contributed by atoms with Gasteiger partial charge < -0.3 is 5.73 Å². The number of nitrogens with zero attached hydrogens (tertiary/aromatic N) is 3. The summed E-state index contributed by atoms with van der Waals surface area (Å²) in [4.78, 5) is 3.98. The molecule has 0 radical (unpaired) electrons. The molecule has 2 aromatic heterocycles. The first-order valence-electron chi connectivity index (χ1n) is 3.03. The molecule has 0 aliphatic carbocycles. The monoisotopic (exact) mass is 168 g/mol. The standard InChI is InChI=1S/C6H5ClN4/c7-5-3-4(8)6-9-1-2-11(6)10-5/h1-3H,8H2. The summed E-state index contributed by atoms with van der Waals surface area (Å²) in [5, 5.41) is 4.30. The number of halogens is 1. The van der Waals surface area contributed by atoms with Crippen LogP contribution in [0.4, 0.5) is 5.69 Å². The number of hydrogen-bond donors (Lipinski definition) is 1. The Morgan fingerprint density at radius 1 is 1.55 bits per heavy atom. The van der Waals surface area contributed by atoms with Crippen LogP contribution in [0.25, 0.3) is 5.65 Å². The van der Waals surface area contributed by atoms with Crippen molar-refractivity contribution in [1.29, 1.82) is 0 Å². The normalized spacial score (nSPS) is 10.6. The van der Waals surface area contributed by atoms with Crippen molar-refractivity contribution >= 4 is 22.9 Å². The number of hydrogen-bond acceptors (Lipinski definition) is 3. The van der Waals surface area contributed by atoms with Crippen LogP contribution < -0.4 is 5.73 Å². The number of anilines is 1. The van der Waals surface area contributed by atoms with Gasteiger partial charge in [0.2, 0.25) is 0 Å². The van der Waals surface area contributed by atoms with Crippen LogP contribution in [0.5, 0.6) is 0 Å². The summed E-state index contributed by atoms with van der Waals surface area (Å²) in [7, 11) is 0. The molecule has 0 aliphatic heterocycles. The zero-order chi connectivity index (χ0) is 7.84. The van der Waals surface area contributed by atoms with E-state index in [9.17, 15) is 0 Å².